The van der Waals surface area contributed by atoms with Gasteiger partial charge in [-0.05, 0) is 12.1 Å². The number of aliphatic hydroxyl groups is 1. The molecular formula is C11H16N2O4. The standard InChI is InChI=1S/C11H16N2O4/c1-16-9-4-3-7(5-10(9)17-2)13-11(15)8(12)6-14/h3-5,8,14H,6,12H2,1-2H3,(H,13,15). The van der Waals surface area contributed by atoms with E-state index >= 15 is 0 Å². The second-order valence-electron chi connectivity index (χ2n) is 3.35. The third kappa shape index (κ3) is 3.33. The summed E-state index contributed by atoms with van der Waals surface area (Å²) in [6.45, 7) is -0.404. The van der Waals surface area contributed by atoms with E-state index in [1.807, 2.05) is 0 Å². The highest BCUT2D eigenvalue weighted by Gasteiger charge is 2.13. The highest BCUT2D eigenvalue weighted by Crippen LogP contribution is 2.29. The number of benzene rings is 1. The molecular weight excluding hydrogens is 224 g/mol. The molecule has 0 aliphatic rings. The topological polar surface area (TPSA) is 93.8 Å². The minimum atomic E-state index is -0.942. The second-order valence-corrected chi connectivity index (χ2v) is 3.35. The predicted octanol–water partition coefficient (Wildman–Crippen LogP) is -0.0381. The number of nitrogens with one attached hydrogen (secondary N) is 1. The molecule has 0 aliphatic carbocycles. The van der Waals surface area contributed by atoms with Crippen molar-refractivity contribution < 1.29 is 19.4 Å². The molecule has 0 heterocycles. The van der Waals surface area contributed by atoms with Crippen LogP contribution in [0.5, 0.6) is 11.5 Å². The van der Waals surface area contributed by atoms with Crippen molar-refractivity contribution in [3.8, 4) is 11.5 Å². The van der Waals surface area contributed by atoms with Crippen LogP contribution in [0.15, 0.2) is 18.2 Å². The molecule has 0 saturated carbocycles. The van der Waals surface area contributed by atoms with Gasteiger partial charge in [0.05, 0.1) is 20.8 Å². The summed E-state index contributed by atoms with van der Waals surface area (Å²) in [5, 5.41) is 11.3. The molecule has 4 N–H and O–H groups in total. The Morgan fingerprint density at radius 3 is 2.59 bits per heavy atom. The molecule has 1 aromatic rings. The van der Waals surface area contributed by atoms with Crippen LogP contribution in [0.1, 0.15) is 0 Å². The molecule has 6 nitrogen and oxygen atoms in total. The van der Waals surface area contributed by atoms with Crippen molar-refractivity contribution in [2.45, 2.75) is 6.04 Å². The SMILES string of the molecule is COc1ccc(NC(=O)C(N)CO)cc1OC. The number of ether oxygens (including phenoxy) is 2. The third-order valence-corrected chi connectivity index (χ3v) is 2.18. The van der Waals surface area contributed by atoms with Gasteiger partial charge in [0.25, 0.3) is 0 Å². The Hall–Kier alpha value is -1.79. The van der Waals surface area contributed by atoms with Crippen LogP contribution >= 0.6 is 0 Å². The fourth-order valence-electron chi connectivity index (χ4n) is 1.23. The van der Waals surface area contributed by atoms with Gasteiger partial charge in [-0.15, -0.1) is 0 Å². The fourth-order valence-corrected chi connectivity index (χ4v) is 1.23. The summed E-state index contributed by atoms with van der Waals surface area (Å²) in [4.78, 5) is 11.4. The maximum absolute atomic E-state index is 11.4. The normalized spacial score (nSPS) is 11.8. The largest absolute Gasteiger partial charge is 0.493 e. The molecule has 1 rings (SSSR count). The van der Waals surface area contributed by atoms with E-state index < -0.39 is 18.6 Å². The lowest BCUT2D eigenvalue weighted by Crippen LogP contribution is -2.38. The van der Waals surface area contributed by atoms with Crippen molar-refractivity contribution in [2.24, 2.45) is 5.73 Å². The van der Waals surface area contributed by atoms with Crippen molar-refractivity contribution in [3.05, 3.63) is 18.2 Å². The van der Waals surface area contributed by atoms with Crippen molar-refractivity contribution in [1.82, 2.24) is 0 Å². The van der Waals surface area contributed by atoms with E-state index in [-0.39, 0.29) is 0 Å². The van der Waals surface area contributed by atoms with Crippen molar-refractivity contribution in [2.75, 3.05) is 26.1 Å². The van der Waals surface area contributed by atoms with E-state index in [1.54, 1.807) is 18.2 Å². The van der Waals surface area contributed by atoms with Gasteiger partial charge in [0, 0.05) is 11.8 Å². The second kappa shape index (κ2) is 6.07. The van der Waals surface area contributed by atoms with E-state index in [1.165, 1.54) is 14.2 Å². The van der Waals surface area contributed by atoms with Crippen LogP contribution in [0.4, 0.5) is 5.69 Å². The zero-order valence-corrected chi connectivity index (χ0v) is 9.77. The molecule has 0 fully saturated rings. The molecule has 94 valence electrons. The smallest absolute Gasteiger partial charge is 0.243 e. The van der Waals surface area contributed by atoms with Gasteiger partial charge >= 0.3 is 0 Å². The average molecular weight is 240 g/mol. The summed E-state index contributed by atoms with van der Waals surface area (Å²) in [6.07, 6.45) is 0. The van der Waals surface area contributed by atoms with Gasteiger partial charge < -0.3 is 25.6 Å². The van der Waals surface area contributed by atoms with Crippen molar-refractivity contribution >= 4 is 11.6 Å². The maximum Gasteiger partial charge on any atom is 0.243 e. The molecule has 1 amide bonds. The fraction of sp³-hybridized carbons (Fsp3) is 0.364. The molecule has 1 atom stereocenters. The minimum absolute atomic E-state index is 0.404. The van der Waals surface area contributed by atoms with Crippen LogP contribution in [0.3, 0.4) is 0 Å². The van der Waals surface area contributed by atoms with Crippen LogP contribution in [0, 0.1) is 0 Å². The van der Waals surface area contributed by atoms with Gasteiger partial charge in [-0.3, -0.25) is 4.79 Å². The van der Waals surface area contributed by atoms with E-state index in [2.05, 4.69) is 5.32 Å². The average Bonchev–Trinajstić information content (AvgIpc) is 2.37. The van der Waals surface area contributed by atoms with E-state index in [9.17, 15) is 4.79 Å². The molecule has 17 heavy (non-hydrogen) atoms. The summed E-state index contributed by atoms with van der Waals surface area (Å²) >= 11 is 0. The van der Waals surface area contributed by atoms with Crippen LogP contribution in [0.25, 0.3) is 0 Å². The predicted molar refractivity (Wildman–Crippen MR) is 63.2 cm³/mol. The Balaban J connectivity index is 2.82. The molecule has 6 heteroatoms. The summed E-state index contributed by atoms with van der Waals surface area (Å²) < 4.78 is 10.2. The monoisotopic (exact) mass is 240 g/mol. The summed E-state index contributed by atoms with van der Waals surface area (Å²) in [5.74, 6) is 0.611. The number of anilines is 1. The third-order valence-electron chi connectivity index (χ3n) is 2.18. The van der Waals surface area contributed by atoms with Crippen LogP contribution in [0.2, 0.25) is 0 Å². The van der Waals surface area contributed by atoms with Gasteiger partial charge in [0.2, 0.25) is 5.91 Å². The Morgan fingerprint density at radius 1 is 1.41 bits per heavy atom. The number of methoxy groups -OCH3 is 2. The zero-order chi connectivity index (χ0) is 12.8. The Kier molecular flexibility index (Phi) is 4.74. The van der Waals surface area contributed by atoms with Gasteiger partial charge in [0.15, 0.2) is 11.5 Å². The lowest BCUT2D eigenvalue weighted by molar-refractivity contribution is -0.118. The zero-order valence-electron chi connectivity index (χ0n) is 9.77. The number of rotatable bonds is 5. The summed E-state index contributed by atoms with van der Waals surface area (Å²) in [7, 11) is 3.03. The number of hydrogen-bond donors (Lipinski definition) is 3. The van der Waals surface area contributed by atoms with Gasteiger partial charge in [-0.1, -0.05) is 0 Å². The van der Waals surface area contributed by atoms with Crippen molar-refractivity contribution in [3.63, 3.8) is 0 Å². The van der Waals surface area contributed by atoms with E-state index in [0.717, 1.165) is 0 Å². The molecule has 1 unspecified atom stereocenters. The Bertz CT molecular complexity index is 395. The van der Waals surface area contributed by atoms with Gasteiger partial charge in [-0.25, -0.2) is 0 Å². The van der Waals surface area contributed by atoms with Crippen molar-refractivity contribution in [1.29, 1.82) is 0 Å². The molecule has 0 aromatic heterocycles. The first-order valence-corrected chi connectivity index (χ1v) is 5.01. The molecule has 0 radical (unpaired) electrons. The minimum Gasteiger partial charge on any atom is -0.493 e. The molecule has 0 bridgehead atoms. The Morgan fingerprint density at radius 2 is 2.06 bits per heavy atom. The highest BCUT2D eigenvalue weighted by molar-refractivity contribution is 5.95. The number of carbonyl (C=O) groups is 1. The maximum atomic E-state index is 11.4. The lowest BCUT2D eigenvalue weighted by Gasteiger charge is -2.12. The van der Waals surface area contributed by atoms with E-state index in [4.69, 9.17) is 20.3 Å². The first-order chi connectivity index (χ1) is 8.12. The molecule has 0 aliphatic heterocycles. The molecule has 0 saturated heterocycles. The van der Waals surface area contributed by atoms with E-state index in [0.29, 0.717) is 17.2 Å². The van der Waals surface area contributed by atoms with Crippen LogP contribution in [-0.2, 0) is 4.79 Å². The highest BCUT2D eigenvalue weighted by atomic mass is 16.5. The van der Waals surface area contributed by atoms with Gasteiger partial charge in [-0.2, -0.15) is 0 Å². The first kappa shape index (κ1) is 13.3. The lowest BCUT2D eigenvalue weighted by atomic mass is 10.2. The quantitative estimate of drug-likeness (QED) is 0.671. The number of amides is 1. The van der Waals surface area contributed by atoms with Crippen LogP contribution < -0.4 is 20.5 Å². The first-order valence-electron chi connectivity index (χ1n) is 5.01. The molecule has 0 spiro atoms. The van der Waals surface area contributed by atoms with Gasteiger partial charge in [0.1, 0.15) is 6.04 Å². The molecule has 1 aromatic carbocycles. The Labute approximate surface area is 99.3 Å². The van der Waals surface area contributed by atoms with Crippen LogP contribution in [-0.4, -0.2) is 37.9 Å². The number of hydrogen-bond acceptors (Lipinski definition) is 5. The number of nitrogens with two attached hydrogens (primary N) is 1. The summed E-state index contributed by atoms with van der Waals surface area (Å²) in [5.41, 5.74) is 5.90. The summed E-state index contributed by atoms with van der Waals surface area (Å²) in [6, 6.07) is 3.99. The number of aliphatic hydroxyl groups excluding tert-OH is 1. The number of carbonyl (C=O) groups excluding carboxylic acids is 1.